The highest BCUT2D eigenvalue weighted by Gasteiger charge is 2.14. The number of rotatable bonds is 7. The fraction of sp³-hybridized carbons (Fsp3) is 0.375. The maximum absolute atomic E-state index is 11.9. The second kappa shape index (κ2) is 7.47. The van der Waals surface area contributed by atoms with Crippen molar-refractivity contribution in [2.24, 2.45) is 0 Å². The monoisotopic (exact) mass is 287 g/mol. The molecule has 0 saturated carbocycles. The summed E-state index contributed by atoms with van der Waals surface area (Å²) in [6, 6.07) is 7.27. The van der Waals surface area contributed by atoms with Crippen LogP contribution in [0.25, 0.3) is 11.5 Å². The molecule has 1 amide bonds. The number of anilines is 1. The van der Waals surface area contributed by atoms with Gasteiger partial charge < -0.3 is 15.5 Å². The summed E-state index contributed by atoms with van der Waals surface area (Å²) in [6.07, 6.45) is 5.84. The van der Waals surface area contributed by atoms with E-state index in [1.54, 1.807) is 6.07 Å². The molecule has 0 aliphatic heterocycles. The average Bonchev–Trinajstić information content (AvgIpc) is 2.97. The van der Waals surface area contributed by atoms with Gasteiger partial charge in [-0.2, -0.15) is 0 Å². The average molecular weight is 287 g/mol. The number of nitrogens with two attached hydrogens (primary N) is 1. The van der Waals surface area contributed by atoms with Gasteiger partial charge in [-0.05, 0) is 18.6 Å². The first-order chi connectivity index (χ1) is 10.2. The normalized spacial score (nSPS) is 10.5. The summed E-state index contributed by atoms with van der Waals surface area (Å²) in [6.45, 7) is 2.82. The Kier molecular flexibility index (Phi) is 5.37. The third kappa shape index (κ3) is 4.08. The van der Waals surface area contributed by atoms with Crippen LogP contribution in [0.1, 0.15) is 43.1 Å². The lowest BCUT2D eigenvalue weighted by atomic mass is 10.2. The van der Waals surface area contributed by atoms with Crippen LogP contribution < -0.4 is 11.1 Å². The summed E-state index contributed by atoms with van der Waals surface area (Å²) in [5.41, 5.74) is 7.41. The number of carbonyl (C=O) groups excluding carboxylic acids is 1. The van der Waals surface area contributed by atoms with Crippen LogP contribution >= 0.6 is 0 Å². The van der Waals surface area contributed by atoms with Crippen LogP contribution in [0.3, 0.4) is 0 Å². The van der Waals surface area contributed by atoms with Crippen LogP contribution in [0.15, 0.2) is 34.9 Å². The Hall–Kier alpha value is -2.30. The van der Waals surface area contributed by atoms with E-state index in [1.807, 2.05) is 18.2 Å². The lowest BCUT2D eigenvalue weighted by Gasteiger charge is -2.02. The summed E-state index contributed by atoms with van der Waals surface area (Å²) in [5.74, 6) is 0.153. The third-order valence-electron chi connectivity index (χ3n) is 3.24. The molecule has 0 aliphatic carbocycles. The zero-order valence-electron chi connectivity index (χ0n) is 12.3. The van der Waals surface area contributed by atoms with Crippen LogP contribution in [0.4, 0.5) is 5.69 Å². The molecular weight excluding hydrogens is 266 g/mol. The van der Waals surface area contributed by atoms with Crippen molar-refractivity contribution in [1.29, 1.82) is 0 Å². The standard InChI is InChI=1S/C16H21N3O2/c1-2-3-4-7-10-18-15(20)14-11-21-16(19-14)12-8-5-6-9-13(12)17/h5-6,8-9,11H,2-4,7,10,17H2,1H3,(H,18,20). The Morgan fingerprint density at radius 3 is 2.86 bits per heavy atom. The number of hydrogen-bond acceptors (Lipinski definition) is 4. The van der Waals surface area contributed by atoms with E-state index < -0.39 is 0 Å². The van der Waals surface area contributed by atoms with E-state index in [0.717, 1.165) is 12.8 Å². The van der Waals surface area contributed by atoms with Crippen molar-refractivity contribution in [3.05, 3.63) is 36.2 Å². The van der Waals surface area contributed by atoms with Gasteiger partial charge in [0.1, 0.15) is 6.26 Å². The van der Waals surface area contributed by atoms with Crippen molar-refractivity contribution in [3.63, 3.8) is 0 Å². The zero-order valence-corrected chi connectivity index (χ0v) is 12.3. The molecule has 0 saturated heterocycles. The molecule has 21 heavy (non-hydrogen) atoms. The number of carbonyl (C=O) groups is 1. The maximum atomic E-state index is 11.9. The minimum Gasteiger partial charge on any atom is -0.444 e. The maximum Gasteiger partial charge on any atom is 0.273 e. The predicted octanol–water partition coefficient (Wildman–Crippen LogP) is 3.23. The zero-order chi connectivity index (χ0) is 15.1. The van der Waals surface area contributed by atoms with Gasteiger partial charge in [-0.1, -0.05) is 38.3 Å². The van der Waals surface area contributed by atoms with Crippen LogP contribution in [-0.2, 0) is 0 Å². The van der Waals surface area contributed by atoms with E-state index in [-0.39, 0.29) is 11.6 Å². The van der Waals surface area contributed by atoms with Crippen LogP contribution in [0.2, 0.25) is 0 Å². The molecule has 1 aromatic carbocycles. The summed E-state index contributed by atoms with van der Waals surface area (Å²) >= 11 is 0. The third-order valence-corrected chi connectivity index (χ3v) is 3.24. The van der Waals surface area contributed by atoms with Crippen molar-refractivity contribution in [3.8, 4) is 11.5 Å². The summed E-state index contributed by atoms with van der Waals surface area (Å²) in [4.78, 5) is 16.1. The molecule has 0 unspecified atom stereocenters. The van der Waals surface area contributed by atoms with E-state index in [0.29, 0.717) is 23.7 Å². The van der Waals surface area contributed by atoms with Crippen molar-refractivity contribution in [2.45, 2.75) is 32.6 Å². The number of benzene rings is 1. The molecule has 1 aromatic heterocycles. The van der Waals surface area contributed by atoms with Crippen LogP contribution in [0.5, 0.6) is 0 Å². The Balaban J connectivity index is 1.94. The fourth-order valence-corrected chi connectivity index (χ4v) is 2.04. The lowest BCUT2D eigenvalue weighted by molar-refractivity contribution is 0.0948. The van der Waals surface area contributed by atoms with E-state index in [4.69, 9.17) is 10.2 Å². The Bertz CT molecular complexity index is 593. The molecule has 5 nitrogen and oxygen atoms in total. The van der Waals surface area contributed by atoms with Gasteiger partial charge in [-0.15, -0.1) is 0 Å². The summed E-state index contributed by atoms with van der Waals surface area (Å²) in [5, 5.41) is 2.84. The molecule has 0 aliphatic rings. The van der Waals surface area contributed by atoms with Gasteiger partial charge in [0.05, 0.1) is 5.56 Å². The molecule has 0 fully saturated rings. The van der Waals surface area contributed by atoms with Crippen molar-refractivity contribution < 1.29 is 9.21 Å². The first-order valence-corrected chi connectivity index (χ1v) is 7.31. The number of nitrogen functional groups attached to an aromatic ring is 1. The minimum atomic E-state index is -0.212. The van der Waals surface area contributed by atoms with Gasteiger partial charge in [-0.25, -0.2) is 4.98 Å². The van der Waals surface area contributed by atoms with Crippen LogP contribution in [0, 0.1) is 0 Å². The summed E-state index contributed by atoms with van der Waals surface area (Å²) < 4.78 is 5.35. The molecule has 112 valence electrons. The molecule has 5 heteroatoms. The van der Waals surface area contributed by atoms with Crippen molar-refractivity contribution >= 4 is 11.6 Å². The van der Waals surface area contributed by atoms with Gasteiger partial charge in [-0.3, -0.25) is 4.79 Å². The second-order valence-electron chi connectivity index (χ2n) is 4.94. The van der Waals surface area contributed by atoms with E-state index in [2.05, 4.69) is 17.2 Å². The largest absolute Gasteiger partial charge is 0.444 e. The number of para-hydroxylation sites is 1. The summed E-state index contributed by atoms with van der Waals surface area (Å²) in [7, 11) is 0. The molecular formula is C16H21N3O2. The smallest absolute Gasteiger partial charge is 0.273 e. The SMILES string of the molecule is CCCCCCNC(=O)c1coc(-c2ccccc2N)n1. The van der Waals surface area contributed by atoms with Crippen molar-refractivity contribution in [2.75, 3.05) is 12.3 Å². The second-order valence-corrected chi connectivity index (χ2v) is 4.94. The number of hydrogen-bond donors (Lipinski definition) is 2. The fourth-order valence-electron chi connectivity index (χ4n) is 2.04. The van der Waals surface area contributed by atoms with Gasteiger partial charge >= 0.3 is 0 Å². The van der Waals surface area contributed by atoms with Gasteiger partial charge in [0.25, 0.3) is 5.91 Å². The molecule has 0 spiro atoms. The molecule has 2 aromatic rings. The molecule has 0 atom stereocenters. The lowest BCUT2D eigenvalue weighted by Crippen LogP contribution is -2.24. The minimum absolute atomic E-state index is 0.212. The van der Waals surface area contributed by atoms with Gasteiger partial charge in [0.15, 0.2) is 5.69 Å². The quantitative estimate of drug-likeness (QED) is 0.605. The topological polar surface area (TPSA) is 81.2 Å². The first-order valence-electron chi connectivity index (χ1n) is 7.31. The number of oxazole rings is 1. The molecule has 0 radical (unpaired) electrons. The highest BCUT2D eigenvalue weighted by molar-refractivity contribution is 5.92. The molecule has 2 rings (SSSR count). The van der Waals surface area contributed by atoms with E-state index in [9.17, 15) is 4.79 Å². The highest BCUT2D eigenvalue weighted by atomic mass is 16.3. The first kappa shape index (κ1) is 15.1. The van der Waals surface area contributed by atoms with E-state index in [1.165, 1.54) is 19.1 Å². The predicted molar refractivity (Wildman–Crippen MR) is 82.8 cm³/mol. The highest BCUT2D eigenvalue weighted by Crippen LogP contribution is 2.24. The Morgan fingerprint density at radius 2 is 2.10 bits per heavy atom. The van der Waals surface area contributed by atoms with Crippen molar-refractivity contribution in [1.82, 2.24) is 10.3 Å². The Morgan fingerprint density at radius 1 is 1.29 bits per heavy atom. The number of aromatic nitrogens is 1. The van der Waals surface area contributed by atoms with Gasteiger partial charge in [0, 0.05) is 12.2 Å². The Labute approximate surface area is 124 Å². The molecule has 0 bridgehead atoms. The number of nitrogens with zero attached hydrogens (tertiary/aromatic N) is 1. The number of amides is 1. The number of nitrogens with one attached hydrogen (secondary N) is 1. The molecule has 3 N–H and O–H groups in total. The van der Waals surface area contributed by atoms with Gasteiger partial charge in [0.2, 0.25) is 5.89 Å². The van der Waals surface area contributed by atoms with Crippen LogP contribution in [-0.4, -0.2) is 17.4 Å². The molecule has 1 heterocycles. The number of unbranched alkanes of at least 4 members (excludes halogenated alkanes) is 3. The van der Waals surface area contributed by atoms with E-state index >= 15 is 0 Å².